The molecule has 0 bridgehead atoms. The van der Waals surface area contributed by atoms with E-state index in [-0.39, 0.29) is 0 Å². The van der Waals surface area contributed by atoms with Gasteiger partial charge in [-0.1, -0.05) is 25.2 Å². The van der Waals surface area contributed by atoms with E-state index in [9.17, 15) is 0 Å². The Morgan fingerprint density at radius 2 is 2.06 bits per heavy atom. The van der Waals surface area contributed by atoms with Gasteiger partial charge in [-0.2, -0.15) is 5.10 Å². The van der Waals surface area contributed by atoms with Crippen LogP contribution in [-0.2, 0) is 0 Å². The maximum Gasteiger partial charge on any atom is 0.0511 e. The van der Waals surface area contributed by atoms with Gasteiger partial charge in [0.1, 0.15) is 0 Å². The standard InChI is InChI=1S/C15H24N2/c1-4-5-6-7-10-14-11-8-9-12-15(14)13-16-17(2)3/h13H,4-6,8-9,11-12H2,1-3H3/b16-13+. The fourth-order valence-corrected chi connectivity index (χ4v) is 1.83. The second-order valence-corrected chi connectivity index (χ2v) is 4.71. The van der Waals surface area contributed by atoms with Gasteiger partial charge in [-0.15, -0.1) is 0 Å². The number of hydrazone groups is 1. The van der Waals surface area contributed by atoms with Crippen LogP contribution in [0.15, 0.2) is 16.2 Å². The first-order chi connectivity index (χ1) is 8.24. The van der Waals surface area contributed by atoms with Crippen LogP contribution in [-0.4, -0.2) is 25.3 Å². The normalized spacial score (nSPS) is 15.9. The average Bonchev–Trinajstić information content (AvgIpc) is 2.33. The molecule has 0 saturated carbocycles. The van der Waals surface area contributed by atoms with Gasteiger partial charge < -0.3 is 5.01 Å². The van der Waals surface area contributed by atoms with Gasteiger partial charge >= 0.3 is 0 Å². The fourth-order valence-electron chi connectivity index (χ4n) is 1.83. The minimum Gasteiger partial charge on any atom is -0.303 e. The van der Waals surface area contributed by atoms with Crippen LogP contribution in [0, 0.1) is 11.8 Å². The number of allylic oxidation sites excluding steroid dienone is 2. The number of hydrogen-bond donors (Lipinski definition) is 0. The topological polar surface area (TPSA) is 15.6 Å². The molecule has 0 aliphatic heterocycles. The van der Waals surface area contributed by atoms with Crippen LogP contribution >= 0.6 is 0 Å². The van der Waals surface area contributed by atoms with Crippen molar-refractivity contribution in [3.05, 3.63) is 11.1 Å². The summed E-state index contributed by atoms with van der Waals surface area (Å²) in [5.74, 6) is 6.64. The van der Waals surface area contributed by atoms with E-state index in [0.29, 0.717) is 0 Å². The summed E-state index contributed by atoms with van der Waals surface area (Å²) >= 11 is 0. The molecule has 0 aromatic rings. The van der Waals surface area contributed by atoms with Crippen molar-refractivity contribution in [2.45, 2.75) is 51.9 Å². The summed E-state index contributed by atoms with van der Waals surface area (Å²) in [6.07, 6.45) is 10.3. The maximum absolute atomic E-state index is 4.33. The lowest BCUT2D eigenvalue weighted by Crippen LogP contribution is -2.05. The Morgan fingerprint density at radius 3 is 2.76 bits per heavy atom. The monoisotopic (exact) mass is 232 g/mol. The molecule has 1 aliphatic carbocycles. The molecule has 0 fully saturated rings. The second kappa shape index (κ2) is 7.95. The lowest BCUT2D eigenvalue weighted by molar-refractivity contribution is 0.440. The maximum atomic E-state index is 4.33. The zero-order valence-electron chi connectivity index (χ0n) is 11.4. The number of nitrogens with zero attached hydrogens (tertiary/aromatic N) is 2. The Morgan fingerprint density at radius 1 is 1.29 bits per heavy atom. The number of hydrogen-bond acceptors (Lipinski definition) is 2. The molecular formula is C15H24N2. The van der Waals surface area contributed by atoms with Crippen molar-refractivity contribution in [2.24, 2.45) is 5.10 Å². The van der Waals surface area contributed by atoms with Crippen molar-refractivity contribution in [3.63, 3.8) is 0 Å². The van der Waals surface area contributed by atoms with E-state index in [1.54, 1.807) is 0 Å². The first-order valence-electron chi connectivity index (χ1n) is 6.66. The Bertz CT molecular complexity index is 340. The molecule has 1 aliphatic rings. The van der Waals surface area contributed by atoms with Crippen molar-refractivity contribution < 1.29 is 0 Å². The summed E-state index contributed by atoms with van der Waals surface area (Å²) in [4.78, 5) is 0. The highest BCUT2D eigenvalue weighted by Gasteiger charge is 2.09. The first-order valence-corrected chi connectivity index (χ1v) is 6.66. The zero-order chi connectivity index (χ0) is 12.5. The van der Waals surface area contributed by atoms with E-state index in [2.05, 4.69) is 23.9 Å². The third-order valence-electron chi connectivity index (χ3n) is 2.85. The molecule has 0 saturated heterocycles. The summed E-state index contributed by atoms with van der Waals surface area (Å²) in [7, 11) is 3.90. The van der Waals surface area contributed by atoms with Gasteiger partial charge in [0.15, 0.2) is 0 Å². The van der Waals surface area contributed by atoms with E-state index in [1.165, 1.54) is 36.8 Å². The Kier molecular flexibility index (Phi) is 6.47. The third kappa shape index (κ3) is 5.58. The van der Waals surface area contributed by atoms with Crippen molar-refractivity contribution in [1.29, 1.82) is 0 Å². The largest absolute Gasteiger partial charge is 0.303 e. The van der Waals surface area contributed by atoms with Crippen molar-refractivity contribution in [1.82, 2.24) is 5.01 Å². The molecule has 0 N–H and O–H groups in total. The molecule has 0 aromatic carbocycles. The number of rotatable bonds is 4. The molecular weight excluding hydrogens is 208 g/mol. The highest BCUT2D eigenvalue weighted by Crippen LogP contribution is 2.23. The molecule has 1 rings (SSSR count). The zero-order valence-corrected chi connectivity index (χ0v) is 11.4. The van der Waals surface area contributed by atoms with E-state index in [0.717, 1.165) is 19.3 Å². The number of unbranched alkanes of at least 4 members (excludes halogenated alkanes) is 2. The van der Waals surface area contributed by atoms with Gasteiger partial charge in [0.05, 0.1) is 6.21 Å². The molecule has 0 heterocycles. The minimum atomic E-state index is 1.03. The molecule has 0 spiro atoms. The predicted octanol–water partition coefficient (Wildman–Crippen LogP) is 3.60. The van der Waals surface area contributed by atoms with Crippen molar-refractivity contribution >= 4 is 6.21 Å². The summed E-state index contributed by atoms with van der Waals surface area (Å²) in [5.41, 5.74) is 2.66. The molecule has 0 unspecified atom stereocenters. The van der Waals surface area contributed by atoms with E-state index < -0.39 is 0 Å². The van der Waals surface area contributed by atoms with Crippen LogP contribution in [0.2, 0.25) is 0 Å². The smallest absolute Gasteiger partial charge is 0.0511 e. The molecule has 0 amide bonds. The van der Waals surface area contributed by atoms with Gasteiger partial charge in [-0.25, -0.2) is 0 Å². The molecule has 2 nitrogen and oxygen atoms in total. The highest BCUT2D eigenvalue weighted by molar-refractivity contribution is 5.81. The lowest BCUT2D eigenvalue weighted by Gasteiger charge is -2.14. The van der Waals surface area contributed by atoms with Crippen LogP contribution in [0.25, 0.3) is 0 Å². The summed E-state index contributed by atoms with van der Waals surface area (Å²) < 4.78 is 0. The first kappa shape index (κ1) is 13.8. The molecule has 94 valence electrons. The Labute approximate surface area is 106 Å². The SMILES string of the molecule is CCCCC#CC1=C(/C=N/N(C)C)CCCC1. The molecule has 0 atom stereocenters. The van der Waals surface area contributed by atoms with Crippen LogP contribution in [0.4, 0.5) is 0 Å². The van der Waals surface area contributed by atoms with Gasteiger partial charge in [0.25, 0.3) is 0 Å². The second-order valence-electron chi connectivity index (χ2n) is 4.71. The van der Waals surface area contributed by atoms with Crippen LogP contribution in [0.3, 0.4) is 0 Å². The summed E-state index contributed by atoms with van der Waals surface area (Å²) in [5, 5.41) is 6.16. The Hall–Kier alpha value is -1.23. The fraction of sp³-hybridized carbons (Fsp3) is 0.667. The predicted molar refractivity (Wildman–Crippen MR) is 75.0 cm³/mol. The lowest BCUT2D eigenvalue weighted by atomic mass is 9.92. The molecule has 0 aromatic heterocycles. The van der Waals surface area contributed by atoms with E-state index in [1.807, 2.05) is 25.3 Å². The average molecular weight is 232 g/mol. The van der Waals surface area contributed by atoms with Gasteiger partial charge in [-0.05, 0) is 37.7 Å². The van der Waals surface area contributed by atoms with Gasteiger partial charge in [0, 0.05) is 26.1 Å². The quantitative estimate of drug-likeness (QED) is 0.313. The molecule has 17 heavy (non-hydrogen) atoms. The van der Waals surface area contributed by atoms with E-state index >= 15 is 0 Å². The summed E-state index contributed by atoms with van der Waals surface area (Å²) in [6.45, 7) is 2.21. The van der Waals surface area contributed by atoms with E-state index in [4.69, 9.17) is 0 Å². The van der Waals surface area contributed by atoms with Crippen LogP contribution in [0.1, 0.15) is 51.9 Å². The van der Waals surface area contributed by atoms with Gasteiger partial charge in [0.2, 0.25) is 0 Å². The molecule has 0 radical (unpaired) electrons. The third-order valence-corrected chi connectivity index (χ3v) is 2.85. The van der Waals surface area contributed by atoms with Crippen molar-refractivity contribution in [3.8, 4) is 11.8 Å². The van der Waals surface area contributed by atoms with Gasteiger partial charge in [-0.3, -0.25) is 0 Å². The highest BCUT2D eigenvalue weighted by atomic mass is 15.4. The Balaban J connectivity index is 2.69. The molecule has 2 heteroatoms. The minimum absolute atomic E-state index is 1.03. The van der Waals surface area contributed by atoms with Crippen molar-refractivity contribution in [2.75, 3.05) is 14.1 Å². The van der Waals surface area contributed by atoms with Crippen LogP contribution in [0.5, 0.6) is 0 Å². The van der Waals surface area contributed by atoms with Crippen LogP contribution < -0.4 is 0 Å². The summed E-state index contributed by atoms with van der Waals surface area (Å²) in [6, 6.07) is 0.